The second-order valence-electron chi connectivity index (χ2n) is 11.4. The molecule has 0 bridgehead atoms. The maximum Gasteiger partial charge on any atom is 0.358 e. The van der Waals surface area contributed by atoms with Gasteiger partial charge in [-0.3, -0.25) is 20.2 Å². The Balaban J connectivity index is -0.000000144. The number of nitro groups is 2. The van der Waals surface area contributed by atoms with Gasteiger partial charge in [-0.15, -0.1) is 5.69 Å². The van der Waals surface area contributed by atoms with Crippen LogP contribution in [-0.2, 0) is 113 Å². The van der Waals surface area contributed by atoms with Gasteiger partial charge in [-0.05, 0) is 46.3 Å². The summed E-state index contributed by atoms with van der Waals surface area (Å²) in [4.78, 5) is 62.6. The van der Waals surface area contributed by atoms with Crippen LogP contribution in [-0.4, -0.2) is 89.6 Å². The van der Waals surface area contributed by atoms with E-state index in [-0.39, 0.29) is 143 Å². The molecular formula is C47H53B4I2N7O9Y3-6. The summed E-state index contributed by atoms with van der Waals surface area (Å²) in [5.74, 6) is -1.43. The number of benzene rings is 4. The largest absolute Gasteiger partial charge is 0.476 e. The minimum absolute atomic E-state index is 0. The Hall–Kier alpha value is -2.85. The van der Waals surface area contributed by atoms with Gasteiger partial charge in [-0.2, -0.15) is 6.07 Å². The molecule has 25 heteroatoms. The van der Waals surface area contributed by atoms with E-state index in [0.717, 1.165) is 30.8 Å². The Bertz CT molecular complexity index is 2840. The van der Waals surface area contributed by atoms with Crippen molar-refractivity contribution in [2.45, 2.75) is 55.4 Å². The molecule has 0 spiro atoms. The fourth-order valence-corrected chi connectivity index (χ4v) is 5.81. The van der Waals surface area contributed by atoms with Gasteiger partial charge in [0.05, 0.1) is 10.3 Å². The molecule has 0 saturated carbocycles. The Morgan fingerprint density at radius 3 is 1.24 bits per heavy atom. The SMILES string of the molecule is CC.CC.CC.CC.II.[B]n1c(C(=O)O)c([N+](=O)[O-])c2ccccc21.[B]n1c([C-]=O)c(N)c2ccccc21.[B]n1c([C-]=O)c([N+](=O)[O-])c2ccccc21.[B]n1c([C-]=O)cc2ccccc21.[CH3-].[CH3-].[CH3-].[Y].[Y].[Y]. The van der Waals surface area contributed by atoms with Crippen molar-refractivity contribution in [3.05, 3.63) is 168 Å². The van der Waals surface area contributed by atoms with E-state index in [0.29, 0.717) is 27.8 Å². The molecule has 8 aromatic rings. The third-order valence-corrected chi connectivity index (χ3v) is 8.33. The summed E-state index contributed by atoms with van der Waals surface area (Å²) in [6.45, 7) is 16.0. The average molecular weight is 1420 g/mol. The van der Waals surface area contributed by atoms with Crippen LogP contribution in [0, 0.1) is 42.5 Å². The molecule has 16 nitrogen and oxygen atoms in total. The quantitative estimate of drug-likeness (QED) is 0.0527. The number of carbonyl (C=O) groups is 1. The number of nitrogens with zero attached hydrogens (tertiary/aromatic N) is 6. The second-order valence-corrected chi connectivity index (χ2v) is 11.4. The van der Waals surface area contributed by atoms with Crippen molar-refractivity contribution in [2.75, 3.05) is 5.73 Å². The number of aromatic nitrogens is 4. The van der Waals surface area contributed by atoms with E-state index in [2.05, 4.69) is 37.2 Å². The molecule has 0 aliphatic heterocycles. The van der Waals surface area contributed by atoms with Crippen molar-refractivity contribution in [1.29, 1.82) is 0 Å². The molecule has 0 amide bonds. The minimum atomic E-state index is -1.43. The Labute approximate surface area is 527 Å². The summed E-state index contributed by atoms with van der Waals surface area (Å²) < 4.78 is 4.37. The normalized spacial score (nSPS) is 8.53. The first-order chi connectivity index (χ1) is 31.8. The van der Waals surface area contributed by atoms with Gasteiger partial charge < -0.3 is 65.4 Å². The zero-order chi connectivity index (χ0) is 50.8. The van der Waals surface area contributed by atoms with E-state index in [1.165, 1.54) is 33.4 Å². The Kier molecular flexibility index (Phi) is 51.3. The number of para-hydroxylation sites is 4. The van der Waals surface area contributed by atoms with Crippen LogP contribution >= 0.6 is 37.2 Å². The Morgan fingerprint density at radius 2 is 0.875 bits per heavy atom. The van der Waals surface area contributed by atoms with E-state index in [4.69, 9.17) is 42.8 Å². The van der Waals surface area contributed by atoms with Crippen molar-refractivity contribution in [2.24, 2.45) is 0 Å². The number of anilines is 1. The van der Waals surface area contributed by atoms with Gasteiger partial charge in [0.15, 0.2) is 11.4 Å². The van der Waals surface area contributed by atoms with Crippen LogP contribution in [0.25, 0.3) is 43.6 Å². The summed E-state index contributed by atoms with van der Waals surface area (Å²) in [6.07, 6.45) is 4.97. The molecule has 0 atom stereocenters. The van der Waals surface area contributed by atoms with E-state index in [1.54, 1.807) is 55.0 Å². The molecule has 4 aromatic carbocycles. The Morgan fingerprint density at radius 1 is 0.542 bits per heavy atom. The molecule has 0 fully saturated rings. The van der Waals surface area contributed by atoms with Crippen molar-refractivity contribution in [3.8, 4) is 0 Å². The molecule has 0 saturated heterocycles. The fourth-order valence-electron chi connectivity index (χ4n) is 5.81. The van der Waals surface area contributed by atoms with Gasteiger partial charge in [0.25, 0.3) is 0 Å². The van der Waals surface area contributed by atoms with Crippen LogP contribution < -0.4 is 5.73 Å². The van der Waals surface area contributed by atoms with Crippen LogP contribution in [0.3, 0.4) is 0 Å². The summed E-state index contributed by atoms with van der Waals surface area (Å²) in [5, 5.41) is 32.8. The predicted molar refractivity (Wildman–Crippen MR) is 304 cm³/mol. The van der Waals surface area contributed by atoms with Crippen molar-refractivity contribution < 1.29 is 132 Å². The van der Waals surface area contributed by atoms with Gasteiger partial charge in [0.1, 0.15) is 0 Å². The number of rotatable bonds is 6. The smallest absolute Gasteiger partial charge is 0.358 e. The zero-order valence-electron chi connectivity index (χ0n) is 42.1. The number of nitrogen functional groups attached to an aromatic ring is 1. The van der Waals surface area contributed by atoms with Crippen molar-refractivity contribution in [3.63, 3.8) is 0 Å². The average Bonchev–Trinajstić information content (AvgIpc) is 4.04. The van der Waals surface area contributed by atoms with Gasteiger partial charge in [-0.25, -0.2) is 4.79 Å². The summed E-state index contributed by atoms with van der Waals surface area (Å²) in [7, 11) is 22.3. The van der Waals surface area contributed by atoms with Gasteiger partial charge >= 0.3 is 11.7 Å². The number of carboxylic acid groups (broad SMARTS) is 1. The van der Waals surface area contributed by atoms with Gasteiger partial charge in [0, 0.05) is 176 Å². The molecule has 72 heavy (non-hydrogen) atoms. The van der Waals surface area contributed by atoms with Crippen LogP contribution in [0.2, 0.25) is 0 Å². The van der Waals surface area contributed by atoms with E-state index in [1.807, 2.05) is 97.9 Å². The van der Waals surface area contributed by atoms with Crippen LogP contribution in [0.4, 0.5) is 17.1 Å². The topological polar surface area (TPSA) is 221 Å². The maximum absolute atomic E-state index is 10.9. The molecule has 0 aliphatic rings. The first-order valence-electron chi connectivity index (χ1n) is 19.9. The van der Waals surface area contributed by atoms with E-state index >= 15 is 0 Å². The minimum Gasteiger partial charge on any atom is -0.476 e. The molecular weight excluding hydrogens is 1370 g/mol. The molecule has 4 aromatic heterocycles. The number of hydrogen-bond acceptors (Lipinski definition) is 9. The molecule has 371 valence electrons. The van der Waals surface area contributed by atoms with Gasteiger partial charge in [0.2, 0.25) is 31.9 Å². The zero-order valence-corrected chi connectivity index (χ0v) is 54.9. The number of halogens is 2. The van der Waals surface area contributed by atoms with E-state index < -0.39 is 27.2 Å². The fraction of sp³-hybridized carbons (Fsp3) is 0.170. The van der Waals surface area contributed by atoms with Crippen molar-refractivity contribution >= 4 is 155 Å². The van der Waals surface area contributed by atoms with Crippen LogP contribution in [0.1, 0.15) is 83.0 Å². The number of fused-ring (bicyclic) bond motifs is 4. The van der Waals surface area contributed by atoms with Crippen molar-refractivity contribution in [1.82, 2.24) is 17.9 Å². The van der Waals surface area contributed by atoms with Gasteiger partial charge in [-0.1, -0.05) is 144 Å². The number of nitrogens with two attached hydrogens (primary N) is 1. The molecule has 0 aliphatic carbocycles. The summed E-state index contributed by atoms with van der Waals surface area (Å²) in [5.41, 5.74) is 7.40. The molecule has 8 rings (SSSR count). The second kappa shape index (κ2) is 44.4. The summed E-state index contributed by atoms with van der Waals surface area (Å²) in [6, 6.07) is 29.2. The first kappa shape index (κ1) is 83.1. The number of hydrogen-bond donors (Lipinski definition) is 2. The number of carbonyl (C=O) groups excluding carboxylic acids is 3. The summed E-state index contributed by atoms with van der Waals surface area (Å²) >= 11 is 4.24. The van der Waals surface area contributed by atoms with E-state index in [9.17, 15) is 39.4 Å². The first-order valence-corrected chi connectivity index (χ1v) is 26.1. The molecule has 3 N–H and O–H groups in total. The predicted octanol–water partition coefficient (Wildman–Crippen LogP) is 11.0. The third kappa shape index (κ3) is 20.7. The monoisotopic (exact) mass is 1420 g/mol. The van der Waals surface area contributed by atoms with Crippen LogP contribution in [0.15, 0.2) is 103 Å². The third-order valence-electron chi connectivity index (χ3n) is 8.33. The maximum atomic E-state index is 10.9. The molecule has 11 radical (unpaired) electrons. The number of aromatic carboxylic acids is 1. The standard InChI is InChI=1S/C9H5BN2O4.C9H4BN2O3.C9H6BN2O.C9H5BNO.4C2H6.3CH3.I2.3Y/c10-11-6-4-2-1-3-5(6)7(12(15)16)8(11)9(13)14;10-11-7-4-2-1-3-6(7)9(12(14)15)8(11)5-13;10-12-7-4-2-1-3-6(7)9(11)8(12)5-13;10-11-8(6-12)5-7-3-1-2-4-9(7)11;4*1-2;;;;1-2;;;/h1-4H,(H,13,14);1-4H;1-4H,11H2;1-5H;4*1-2H3;3*1H3;;;;/q;3*-1;;;;;3*-1;;;;. The molecule has 4 heterocycles. The van der Waals surface area contributed by atoms with Crippen LogP contribution in [0.5, 0.6) is 0 Å². The molecule has 0 unspecified atom stereocenters. The number of carboxylic acids is 1.